The van der Waals surface area contributed by atoms with E-state index in [-0.39, 0.29) is 23.6 Å². The number of hydrogen-bond acceptors (Lipinski definition) is 5. The molecule has 0 radical (unpaired) electrons. The van der Waals surface area contributed by atoms with Gasteiger partial charge < -0.3 is 13.9 Å². The molecule has 0 saturated heterocycles. The van der Waals surface area contributed by atoms with E-state index in [1.165, 1.54) is 12.3 Å². The van der Waals surface area contributed by atoms with Crippen LogP contribution < -0.4 is 14.9 Å². The minimum atomic E-state index is -0.347. The Kier molecular flexibility index (Phi) is 5.61. The first-order valence-electron chi connectivity index (χ1n) is 9.63. The normalized spacial score (nSPS) is 10.7. The van der Waals surface area contributed by atoms with Crippen LogP contribution in [-0.2, 0) is 11.2 Å². The Hall–Kier alpha value is -3.86. The number of ether oxygens (including phenoxy) is 2. The molecule has 150 valence electrons. The molecule has 0 fully saturated rings. The molecular weight excluding hydrogens is 380 g/mol. The minimum Gasteiger partial charge on any atom is -0.460 e. The molecule has 0 bridgehead atoms. The molecule has 0 saturated carbocycles. The molecule has 3 aromatic carbocycles. The maximum atomic E-state index is 12.7. The van der Waals surface area contributed by atoms with E-state index in [2.05, 4.69) is 0 Å². The zero-order chi connectivity index (χ0) is 20.9. The van der Waals surface area contributed by atoms with E-state index < -0.39 is 0 Å². The average Bonchev–Trinajstić information content (AvgIpc) is 2.76. The van der Waals surface area contributed by atoms with Crippen molar-refractivity contribution in [3.63, 3.8) is 0 Å². The van der Waals surface area contributed by atoms with Crippen molar-refractivity contribution in [2.24, 2.45) is 0 Å². The van der Waals surface area contributed by atoms with Crippen LogP contribution >= 0.6 is 0 Å². The summed E-state index contributed by atoms with van der Waals surface area (Å²) in [5.41, 5.74) is 2.20. The number of rotatable bonds is 6. The van der Waals surface area contributed by atoms with Gasteiger partial charge in [-0.05, 0) is 43.2 Å². The van der Waals surface area contributed by atoms with Crippen LogP contribution in [-0.4, -0.2) is 5.97 Å². The van der Waals surface area contributed by atoms with Crippen molar-refractivity contribution < 1.29 is 18.7 Å². The van der Waals surface area contributed by atoms with Gasteiger partial charge in [-0.3, -0.25) is 9.59 Å². The highest BCUT2D eigenvalue weighted by Gasteiger charge is 2.12. The largest absolute Gasteiger partial charge is 0.460 e. The van der Waals surface area contributed by atoms with E-state index in [9.17, 15) is 9.59 Å². The fourth-order valence-electron chi connectivity index (χ4n) is 3.03. The summed E-state index contributed by atoms with van der Waals surface area (Å²) in [4.78, 5) is 24.8. The molecule has 5 nitrogen and oxygen atoms in total. The van der Waals surface area contributed by atoms with Gasteiger partial charge in [-0.1, -0.05) is 48.0 Å². The van der Waals surface area contributed by atoms with E-state index in [0.717, 1.165) is 11.1 Å². The van der Waals surface area contributed by atoms with Gasteiger partial charge in [0.25, 0.3) is 0 Å². The van der Waals surface area contributed by atoms with Crippen LogP contribution in [0.4, 0.5) is 0 Å². The van der Waals surface area contributed by atoms with Crippen LogP contribution in [0, 0.1) is 6.92 Å². The quantitative estimate of drug-likeness (QED) is 0.319. The lowest BCUT2D eigenvalue weighted by Crippen LogP contribution is -2.09. The summed E-state index contributed by atoms with van der Waals surface area (Å²) < 4.78 is 16.6. The number of benzene rings is 3. The first kappa shape index (κ1) is 19.5. The van der Waals surface area contributed by atoms with Gasteiger partial charge in [0.15, 0.2) is 0 Å². The zero-order valence-electron chi connectivity index (χ0n) is 16.5. The van der Waals surface area contributed by atoms with Gasteiger partial charge in [0.1, 0.15) is 23.3 Å². The first-order chi connectivity index (χ1) is 14.6. The van der Waals surface area contributed by atoms with E-state index >= 15 is 0 Å². The minimum absolute atomic E-state index is 0.0963. The third kappa shape index (κ3) is 4.58. The van der Waals surface area contributed by atoms with Gasteiger partial charge in [0.2, 0.25) is 11.2 Å². The monoisotopic (exact) mass is 400 g/mol. The van der Waals surface area contributed by atoms with Crippen molar-refractivity contribution in [2.75, 3.05) is 0 Å². The number of esters is 1. The highest BCUT2D eigenvalue weighted by atomic mass is 16.5. The van der Waals surface area contributed by atoms with Gasteiger partial charge >= 0.3 is 5.97 Å². The lowest BCUT2D eigenvalue weighted by Gasteiger charge is -2.07. The fraction of sp³-hybridized carbons (Fsp3) is 0.120. The van der Waals surface area contributed by atoms with Crippen molar-refractivity contribution in [2.45, 2.75) is 19.8 Å². The first-order valence-corrected chi connectivity index (χ1v) is 9.63. The van der Waals surface area contributed by atoms with Gasteiger partial charge in [-0.25, -0.2) is 0 Å². The number of hydrogen-bond donors (Lipinski definition) is 0. The Labute approximate surface area is 173 Å². The molecule has 0 aliphatic rings. The fourth-order valence-corrected chi connectivity index (χ4v) is 3.03. The van der Waals surface area contributed by atoms with Gasteiger partial charge in [0.05, 0.1) is 5.39 Å². The van der Waals surface area contributed by atoms with Crippen molar-refractivity contribution in [1.82, 2.24) is 0 Å². The van der Waals surface area contributed by atoms with Gasteiger partial charge in [-0.2, -0.15) is 0 Å². The van der Waals surface area contributed by atoms with Crippen molar-refractivity contribution in [1.29, 1.82) is 0 Å². The summed E-state index contributed by atoms with van der Waals surface area (Å²) >= 11 is 0. The number of carbonyl (C=O) groups is 1. The summed E-state index contributed by atoms with van der Waals surface area (Å²) in [6, 6.07) is 21.8. The molecule has 30 heavy (non-hydrogen) atoms. The second-order valence-electron chi connectivity index (χ2n) is 6.96. The Morgan fingerprint density at radius 2 is 1.67 bits per heavy atom. The Morgan fingerprint density at radius 1 is 0.933 bits per heavy atom. The summed E-state index contributed by atoms with van der Waals surface area (Å²) in [6.07, 6.45) is 2.13. The Morgan fingerprint density at radius 3 is 2.43 bits per heavy atom. The van der Waals surface area contributed by atoms with Crippen LogP contribution in [0.1, 0.15) is 17.5 Å². The molecule has 0 aliphatic heterocycles. The number of aryl methyl sites for hydroxylation is 2. The summed E-state index contributed by atoms with van der Waals surface area (Å²) in [7, 11) is 0. The predicted molar refractivity (Wildman–Crippen MR) is 114 cm³/mol. The molecule has 1 aromatic heterocycles. The maximum absolute atomic E-state index is 12.7. The standard InChI is InChI=1S/C25H20O5/c1-17-7-10-19(11-8-17)29-23-16-28-22-15-20(12-13-21(22)25(23)27)30-24(26)14-9-18-5-3-2-4-6-18/h2-8,10-13,15-16H,9,14H2,1H3. The third-order valence-electron chi connectivity index (χ3n) is 4.66. The van der Waals surface area contributed by atoms with Gasteiger partial charge in [0, 0.05) is 12.5 Å². The van der Waals surface area contributed by atoms with E-state index in [1.807, 2.05) is 49.4 Å². The molecule has 0 spiro atoms. The van der Waals surface area contributed by atoms with Gasteiger partial charge in [-0.15, -0.1) is 0 Å². The van der Waals surface area contributed by atoms with E-state index in [1.54, 1.807) is 24.3 Å². The molecule has 0 aliphatic carbocycles. The molecular formula is C25H20O5. The number of carbonyl (C=O) groups excluding carboxylic acids is 1. The van der Waals surface area contributed by atoms with Crippen LogP contribution in [0.15, 0.2) is 88.3 Å². The van der Waals surface area contributed by atoms with E-state index in [4.69, 9.17) is 13.9 Å². The molecule has 1 heterocycles. The van der Waals surface area contributed by atoms with Crippen LogP contribution in [0.2, 0.25) is 0 Å². The second kappa shape index (κ2) is 8.66. The highest BCUT2D eigenvalue weighted by Crippen LogP contribution is 2.24. The average molecular weight is 400 g/mol. The third-order valence-corrected chi connectivity index (χ3v) is 4.66. The maximum Gasteiger partial charge on any atom is 0.311 e. The van der Waals surface area contributed by atoms with E-state index in [0.29, 0.717) is 28.9 Å². The molecule has 4 aromatic rings. The molecule has 0 amide bonds. The smallest absolute Gasteiger partial charge is 0.311 e. The topological polar surface area (TPSA) is 65.7 Å². The van der Waals surface area contributed by atoms with Crippen LogP contribution in [0.25, 0.3) is 11.0 Å². The molecule has 0 N–H and O–H groups in total. The van der Waals surface area contributed by atoms with Crippen molar-refractivity contribution in [3.05, 3.63) is 100 Å². The van der Waals surface area contributed by atoms with Crippen molar-refractivity contribution >= 4 is 16.9 Å². The molecule has 0 unspecified atom stereocenters. The lowest BCUT2D eigenvalue weighted by molar-refractivity contribution is -0.134. The summed E-state index contributed by atoms with van der Waals surface area (Å²) in [5, 5.41) is 0.351. The van der Waals surface area contributed by atoms with Crippen molar-refractivity contribution in [3.8, 4) is 17.2 Å². The zero-order valence-corrected chi connectivity index (χ0v) is 16.5. The second-order valence-corrected chi connectivity index (χ2v) is 6.96. The lowest BCUT2D eigenvalue weighted by atomic mass is 10.1. The summed E-state index contributed by atoms with van der Waals surface area (Å²) in [6.45, 7) is 1.97. The number of fused-ring (bicyclic) bond motifs is 1. The summed E-state index contributed by atoms with van der Waals surface area (Å²) in [5.74, 6) is 0.631. The Balaban J connectivity index is 1.47. The molecule has 0 atom stereocenters. The SMILES string of the molecule is Cc1ccc(Oc2coc3cc(OC(=O)CCc4ccccc4)ccc3c2=O)cc1. The molecule has 5 heteroatoms. The predicted octanol–water partition coefficient (Wildman–Crippen LogP) is 5.43. The Bertz CT molecular complexity index is 1220. The highest BCUT2D eigenvalue weighted by molar-refractivity contribution is 5.80. The molecule has 4 rings (SSSR count). The van der Waals surface area contributed by atoms with Crippen LogP contribution in [0.5, 0.6) is 17.2 Å². The van der Waals surface area contributed by atoms with Crippen LogP contribution in [0.3, 0.4) is 0 Å².